The second-order valence-corrected chi connectivity index (χ2v) is 6.78. The Kier molecular flexibility index (Phi) is 4.73. The Morgan fingerprint density at radius 3 is 2.76 bits per heavy atom. The molecule has 0 aromatic rings. The molecule has 3 rings (SSSR count). The van der Waals surface area contributed by atoms with E-state index >= 15 is 0 Å². The van der Waals surface area contributed by atoms with Crippen molar-refractivity contribution in [2.24, 2.45) is 5.92 Å². The third-order valence-electron chi connectivity index (χ3n) is 5.48. The largest absolute Gasteiger partial charge is 0.369 e. The molecule has 0 amide bonds. The topological polar surface area (TPSA) is 30.5 Å². The van der Waals surface area contributed by atoms with Gasteiger partial charge in [-0.2, -0.15) is 0 Å². The number of allylic oxidation sites excluding steroid dienone is 1. The average molecular weight is 290 g/mol. The Balaban J connectivity index is 1.63. The first-order valence-corrected chi connectivity index (χ1v) is 8.63. The first-order chi connectivity index (χ1) is 10.3. The van der Waals surface area contributed by atoms with Crippen molar-refractivity contribution in [3.05, 3.63) is 24.2 Å². The zero-order valence-corrected chi connectivity index (χ0v) is 13.5. The molecule has 4 nitrogen and oxygen atoms in total. The predicted octanol–water partition coefficient (Wildman–Crippen LogP) is 2.42. The van der Waals surface area contributed by atoms with Crippen molar-refractivity contribution >= 4 is 0 Å². The SMILES string of the molecule is CN[C@H]1CCN(C2=CN(C(C)C3CCCCC3)NC=C2)C1. The molecule has 2 N–H and O–H groups in total. The van der Waals surface area contributed by atoms with Gasteiger partial charge in [0.2, 0.25) is 0 Å². The molecule has 0 radical (unpaired) electrons. The molecule has 0 aromatic carbocycles. The van der Waals surface area contributed by atoms with Crippen molar-refractivity contribution in [2.45, 2.75) is 57.5 Å². The van der Waals surface area contributed by atoms with Crippen LogP contribution in [0, 0.1) is 5.92 Å². The molecule has 4 heteroatoms. The fraction of sp³-hybridized carbons (Fsp3) is 0.765. The monoisotopic (exact) mass is 290 g/mol. The van der Waals surface area contributed by atoms with Crippen LogP contribution in [0.5, 0.6) is 0 Å². The summed E-state index contributed by atoms with van der Waals surface area (Å²) >= 11 is 0. The van der Waals surface area contributed by atoms with E-state index in [1.807, 2.05) is 0 Å². The van der Waals surface area contributed by atoms with Crippen LogP contribution in [0.1, 0.15) is 45.4 Å². The smallest absolute Gasteiger partial charge is 0.0563 e. The Hall–Kier alpha value is -1.16. The zero-order chi connectivity index (χ0) is 14.7. The van der Waals surface area contributed by atoms with Crippen LogP contribution in [0.2, 0.25) is 0 Å². The van der Waals surface area contributed by atoms with Crippen molar-refractivity contribution < 1.29 is 0 Å². The van der Waals surface area contributed by atoms with Crippen LogP contribution in [0.15, 0.2) is 24.2 Å². The molecule has 1 unspecified atom stereocenters. The highest BCUT2D eigenvalue weighted by Gasteiger charge is 2.27. The van der Waals surface area contributed by atoms with E-state index in [2.05, 4.69) is 53.1 Å². The summed E-state index contributed by atoms with van der Waals surface area (Å²) in [7, 11) is 2.07. The van der Waals surface area contributed by atoms with E-state index in [1.165, 1.54) is 44.2 Å². The molecule has 118 valence electrons. The number of hydrogen-bond donors (Lipinski definition) is 2. The fourth-order valence-electron chi connectivity index (χ4n) is 3.93. The molecule has 3 aliphatic rings. The molecule has 0 bridgehead atoms. The van der Waals surface area contributed by atoms with Crippen molar-refractivity contribution in [2.75, 3.05) is 20.1 Å². The molecule has 2 atom stereocenters. The number of hydrogen-bond acceptors (Lipinski definition) is 4. The highest BCUT2D eigenvalue weighted by atomic mass is 15.5. The van der Waals surface area contributed by atoms with Crippen molar-refractivity contribution in [3.63, 3.8) is 0 Å². The molecule has 0 spiro atoms. The predicted molar refractivity (Wildman–Crippen MR) is 87.3 cm³/mol. The Morgan fingerprint density at radius 2 is 2.05 bits per heavy atom. The van der Waals surface area contributed by atoms with E-state index in [-0.39, 0.29) is 0 Å². The van der Waals surface area contributed by atoms with E-state index in [9.17, 15) is 0 Å². The molecular formula is C17H30N4. The zero-order valence-electron chi connectivity index (χ0n) is 13.5. The van der Waals surface area contributed by atoms with Gasteiger partial charge in [-0.05, 0) is 45.2 Å². The number of nitrogens with zero attached hydrogens (tertiary/aromatic N) is 2. The maximum absolute atomic E-state index is 3.43. The molecule has 1 saturated carbocycles. The summed E-state index contributed by atoms with van der Waals surface area (Å²) in [5.41, 5.74) is 4.78. The van der Waals surface area contributed by atoms with Crippen molar-refractivity contribution in [1.29, 1.82) is 0 Å². The summed E-state index contributed by atoms with van der Waals surface area (Å²) in [5.74, 6) is 0.832. The van der Waals surface area contributed by atoms with Gasteiger partial charge in [-0.25, -0.2) is 0 Å². The average Bonchev–Trinajstić information content (AvgIpc) is 3.04. The molecule has 2 fully saturated rings. The van der Waals surface area contributed by atoms with Gasteiger partial charge in [0.1, 0.15) is 0 Å². The normalized spacial score (nSPS) is 28.5. The number of likely N-dealkylation sites (N-methyl/N-ethyl adjacent to an activating group) is 1. The number of rotatable bonds is 4. The van der Waals surface area contributed by atoms with Gasteiger partial charge >= 0.3 is 0 Å². The fourth-order valence-corrected chi connectivity index (χ4v) is 3.93. The van der Waals surface area contributed by atoms with E-state index in [4.69, 9.17) is 0 Å². The first-order valence-electron chi connectivity index (χ1n) is 8.63. The lowest BCUT2D eigenvalue weighted by molar-refractivity contribution is 0.142. The lowest BCUT2D eigenvalue weighted by Gasteiger charge is -2.38. The summed E-state index contributed by atoms with van der Waals surface area (Å²) in [6.45, 7) is 4.66. The summed E-state index contributed by atoms with van der Waals surface area (Å²) < 4.78 is 0. The maximum Gasteiger partial charge on any atom is 0.0563 e. The van der Waals surface area contributed by atoms with Gasteiger partial charge in [0.25, 0.3) is 0 Å². The van der Waals surface area contributed by atoms with Gasteiger partial charge in [0.15, 0.2) is 0 Å². The van der Waals surface area contributed by atoms with Crippen LogP contribution in [0.3, 0.4) is 0 Å². The minimum Gasteiger partial charge on any atom is -0.369 e. The Labute approximate surface area is 129 Å². The molecule has 21 heavy (non-hydrogen) atoms. The van der Waals surface area contributed by atoms with Gasteiger partial charge in [0.05, 0.1) is 5.70 Å². The number of hydrazine groups is 1. The molecule has 1 saturated heterocycles. The molecular weight excluding hydrogens is 260 g/mol. The summed E-state index contributed by atoms with van der Waals surface area (Å²) in [5, 5.41) is 5.73. The maximum atomic E-state index is 3.43. The van der Waals surface area contributed by atoms with E-state index in [0.717, 1.165) is 19.0 Å². The van der Waals surface area contributed by atoms with Crippen LogP contribution in [0.25, 0.3) is 0 Å². The first kappa shape index (κ1) is 14.8. The van der Waals surface area contributed by atoms with Crippen molar-refractivity contribution in [1.82, 2.24) is 20.7 Å². The standard InChI is InChI=1S/C17H30N4/c1-14(15-6-4-3-5-7-15)21-13-17(8-10-19-21)20-11-9-16(12-20)18-2/h8,10,13-16,18-19H,3-7,9,11-12H2,1-2H3/t14?,16-/m0/s1. The minimum atomic E-state index is 0.577. The quantitative estimate of drug-likeness (QED) is 0.832. The lowest BCUT2D eigenvalue weighted by Crippen LogP contribution is -2.44. The molecule has 2 aliphatic heterocycles. The number of nitrogens with one attached hydrogen (secondary N) is 2. The number of likely N-dealkylation sites (tertiary alicyclic amines) is 1. The molecule has 2 heterocycles. The van der Waals surface area contributed by atoms with Crippen molar-refractivity contribution in [3.8, 4) is 0 Å². The van der Waals surface area contributed by atoms with Crippen LogP contribution < -0.4 is 10.7 Å². The van der Waals surface area contributed by atoms with E-state index in [0.29, 0.717) is 12.1 Å². The highest BCUT2D eigenvalue weighted by molar-refractivity contribution is 5.21. The van der Waals surface area contributed by atoms with Gasteiger partial charge in [-0.1, -0.05) is 19.3 Å². The molecule has 0 aromatic heterocycles. The van der Waals surface area contributed by atoms with E-state index in [1.54, 1.807) is 0 Å². The summed E-state index contributed by atoms with van der Waals surface area (Å²) in [6, 6.07) is 1.21. The summed E-state index contributed by atoms with van der Waals surface area (Å²) in [6.07, 6.45) is 14.9. The van der Waals surface area contributed by atoms with E-state index < -0.39 is 0 Å². The van der Waals surface area contributed by atoms with Gasteiger partial charge in [-0.3, -0.25) is 5.01 Å². The van der Waals surface area contributed by atoms with Crippen LogP contribution in [-0.4, -0.2) is 42.1 Å². The second kappa shape index (κ2) is 6.73. The third kappa shape index (κ3) is 3.37. The highest BCUT2D eigenvalue weighted by Crippen LogP contribution is 2.29. The third-order valence-corrected chi connectivity index (χ3v) is 5.48. The van der Waals surface area contributed by atoms with Crippen LogP contribution in [0.4, 0.5) is 0 Å². The van der Waals surface area contributed by atoms with Gasteiger partial charge < -0.3 is 15.6 Å². The summed E-state index contributed by atoms with van der Waals surface area (Å²) in [4.78, 5) is 2.50. The Morgan fingerprint density at radius 1 is 1.24 bits per heavy atom. The van der Waals surface area contributed by atoms with Crippen LogP contribution >= 0.6 is 0 Å². The molecule has 1 aliphatic carbocycles. The minimum absolute atomic E-state index is 0.577. The van der Waals surface area contributed by atoms with Crippen LogP contribution in [-0.2, 0) is 0 Å². The lowest BCUT2D eigenvalue weighted by atomic mass is 9.84. The van der Waals surface area contributed by atoms with Gasteiger partial charge in [0, 0.05) is 37.6 Å². The Bertz CT molecular complexity index is 398. The van der Waals surface area contributed by atoms with Gasteiger partial charge in [-0.15, -0.1) is 0 Å². The second-order valence-electron chi connectivity index (χ2n) is 6.78.